The first-order valence-corrected chi connectivity index (χ1v) is 8.93. The zero-order valence-corrected chi connectivity index (χ0v) is 16.0. The fraction of sp³-hybridized carbons (Fsp3) is 0.174. The zero-order valence-electron chi connectivity index (χ0n) is 16.0. The summed E-state index contributed by atoms with van der Waals surface area (Å²) in [5.74, 6) is 1.46. The number of phenols is 1. The maximum atomic E-state index is 13.1. The van der Waals surface area contributed by atoms with Crippen LogP contribution in [0.2, 0.25) is 0 Å². The van der Waals surface area contributed by atoms with Gasteiger partial charge in [0.15, 0.2) is 0 Å². The SMILES string of the molecule is COc1ccc(CN(Cc2ccc(OC)cc2)C(=O)c2cccc(O)c2)cc1. The second kappa shape index (κ2) is 8.95. The Bertz CT molecular complexity index is 871. The van der Waals surface area contributed by atoms with E-state index in [4.69, 9.17) is 9.47 Å². The molecular weight excluding hydrogens is 354 g/mol. The van der Waals surface area contributed by atoms with Gasteiger partial charge in [-0.05, 0) is 53.6 Å². The van der Waals surface area contributed by atoms with Crippen LogP contribution in [0.1, 0.15) is 21.5 Å². The summed E-state index contributed by atoms with van der Waals surface area (Å²) in [5, 5.41) is 9.74. The van der Waals surface area contributed by atoms with Gasteiger partial charge in [-0.15, -0.1) is 0 Å². The van der Waals surface area contributed by atoms with Gasteiger partial charge in [-0.25, -0.2) is 0 Å². The van der Waals surface area contributed by atoms with E-state index in [0.29, 0.717) is 18.7 Å². The number of carbonyl (C=O) groups is 1. The number of hydrogen-bond donors (Lipinski definition) is 1. The van der Waals surface area contributed by atoms with Crippen LogP contribution in [-0.2, 0) is 13.1 Å². The molecule has 0 bridgehead atoms. The summed E-state index contributed by atoms with van der Waals surface area (Å²) in [4.78, 5) is 14.9. The Kier molecular flexibility index (Phi) is 6.17. The van der Waals surface area contributed by atoms with Crippen LogP contribution < -0.4 is 9.47 Å². The first kappa shape index (κ1) is 19.3. The molecule has 3 rings (SSSR count). The summed E-state index contributed by atoms with van der Waals surface area (Å²) >= 11 is 0. The van der Waals surface area contributed by atoms with Gasteiger partial charge in [-0.3, -0.25) is 4.79 Å². The molecule has 0 fully saturated rings. The Hall–Kier alpha value is -3.47. The van der Waals surface area contributed by atoms with E-state index < -0.39 is 0 Å². The lowest BCUT2D eigenvalue weighted by atomic mass is 10.1. The molecule has 3 aromatic carbocycles. The van der Waals surface area contributed by atoms with Gasteiger partial charge in [0.2, 0.25) is 0 Å². The molecule has 5 nitrogen and oxygen atoms in total. The summed E-state index contributed by atoms with van der Waals surface area (Å²) in [7, 11) is 3.24. The van der Waals surface area contributed by atoms with Crippen molar-refractivity contribution in [3.05, 3.63) is 89.5 Å². The van der Waals surface area contributed by atoms with Gasteiger partial charge in [-0.2, -0.15) is 0 Å². The van der Waals surface area contributed by atoms with Crippen molar-refractivity contribution < 1.29 is 19.4 Å². The molecule has 0 aliphatic heterocycles. The zero-order chi connectivity index (χ0) is 19.9. The van der Waals surface area contributed by atoms with E-state index in [1.807, 2.05) is 48.5 Å². The lowest BCUT2D eigenvalue weighted by molar-refractivity contribution is 0.0729. The number of hydrogen-bond acceptors (Lipinski definition) is 4. The molecule has 0 atom stereocenters. The summed E-state index contributed by atoms with van der Waals surface area (Å²) in [6, 6.07) is 21.7. The third-order valence-electron chi connectivity index (χ3n) is 4.45. The Labute approximate surface area is 164 Å². The average Bonchev–Trinajstić information content (AvgIpc) is 2.74. The molecule has 0 aromatic heterocycles. The number of aromatic hydroxyl groups is 1. The van der Waals surface area contributed by atoms with E-state index in [1.54, 1.807) is 37.3 Å². The van der Waals surface area contributed by atoms with Crippen LogP contribution >= 0.6 is 0 Å². The number of phenolic OH excluding ortho intramolecular Hbond substituents is 1. The highest BCUT2D eigenvalue weighted by Gasteiger charge is 2.17. The fourth-order valence-corrected chi connectivity index (χ4v) is 2.92. The van der Waals surface area contributed by atoms with E-state index in [-0.39, 0.29) is 11.7 Å². The molecule has 3 aromatic rings. The van der Waals surface area contributed by atoms with E-state index >= 15 is 0 Å². The molecular formula is C23H23NO4. The normalized spacial score (nSPS) is 10.4. The van der Waals surface area contributed by atoms with Gasteiger partial charge in [0.05, 0.1) is 14.2 Å². The predicted molar refractivity (Wildman–Crippen MR) is 108 cm³/mol. The van der Waals surface area contributed by atoms with Crippen molar-refractivity contribution in [2.45, 2.75) is 13.1 Å². The van der Waals surface area contributed by atoms with Gasteiger partial charge in [-0.1, -0.05) is 30.3 Å². The van der Waals surface area contributed by atoms with E-state index in [0.717, 1.165) is 22.6 Å². The van der Waals surface area contributed by atoms with Crippen LogP contribution in [0.4, 0.5) is 0 Å². The Balaban J connectivity index is 1.86. The van der Waals surface area contributed by atoms with Crippen molar-refractivity contribution in [1.82, 2.24) is 4.90 Å². The lowest BCUT2D eigenvalue weighted by Crippen LogP contribution is -2.30. The number of benzene rings is 3. The van der Waals surface area contributed by atoms with Crippen LogP contribution in [-0.4, -0.2) is 30.1 Å². The second-order valence-corrected chi connectivity index (χ2v) is 6.41. The topological polar surface area (TPSA) is 59.0 Å². The first-order chi connectivity index (χ1) is 13.6. The number of rotatable bonds is 7. The molecule has 0 unspecified atom stereocenters. The molecule has 0 aliphatic carbocycles. The highest BCUT2D eigenvalue weighted by molar-refractivity contribution is 5.94. The molecule has 0 spiro atoms. The van der Waals surface area contributed by atoms with Gasteiger partial charge >= 0.3 is 0 Å². The number of methoxy groups -OCH3 is 2. The Morgan fingerprint density at radius 1 is 0.821 bits per heavy atom. The third-order valence-corrected chi connectivity index (χ3v) is 4.45. The number of ether oxygens (including phenoxy) is 2. The summed E-state index contributed by atoms with van der Waals surface area (Å²) in [6.07, 6.45) is 0. The molecule has 0 radical (unpaired) electrons. The Morgan fingerprint density at radius 2 is 1.32 bits per heavy atom. The molecule has 0 saturated carbocycles. The van der Waals surface area contributed by atoms with Gasteiger partial charge in [0, 0.05) is 18.7 Å². The minimum absolute atomic E-state index is 0.0692. The molecule has 5 heteroatoms. The number of carbonyl (C=O) groups excluding carboxylic acids is 1. The van der Waals surface area contributed by atoms with Crippen LogP contribution in [0.3, 0.4) is 0 Å². The molecule has 0 heterocycles. The van der Waals surface area contributed by atoms with Crippen molar-refractivity contribution in [3.63, 3.8) is 0 Å². The van der Waals surface area contributed by atoms with Gasteiger partial charge in [0.25, 0.3) is 5.91 Å². The maximum Gasteiger partial charge on any atom is 0.254 e. The largest absolute Gasteiger partial charge is 0.508 e. The minimum atomic E-state index is -0.150. The van der Waals surface area contributed by atoms with Crippen molar-refractivity contribution >= 4 is 5.91 Å². The summed E-state index contributed by atoms with van der Waals surface area (Å²) in [6.45, 7) is 0.870. The second-order valence-electron chi connectivity index (χ2n) is 6.41. The monoisotopic (exact) mass is 377 g/mol. The standard InChI is InChI=1S/C23H23NO4/c1-27-21-10-6-17(7-11-21)15-24(16-18-8-12-22(28-2)13-9-18)23(26)19-4-3-5-20(25)14-19/h3-14,25H,15-16H2,1-2H3. The number of nitrogens with zero attached hydrogens (tertiary/aromatic N) is 1. The minimum Gasteiger partial charge on any atom is -0.508 e. The molecule has 28 heavy (non-hydrogen) atoms. The van der Waals surface area contributed by atoms with Crippen LogP contribution in [0.5, 0.6) is 17.2 Å². The molecule has 0 aliphatic rings. The molecule has 1 amide bonds. The smallest absolute Gasteiger partial charge is 0.254 e. The quantitative estimate of drug-likeness (QED) is 0.669. The highest BCUT2D eigenvalue weighted by Crippen LogP contribution is 2.20. The third kappa shape index (κ3) is 4.82. The highest BCUT2D eigenvalue weighted by atomic mass is 16.5. The van der Waals surface area contributed by atoms with E-state index in [1.165, 1.54) is 6.07 Å². The van der Waals surface area contributed by atoms with Crippen molar-refractivity contribution in [2.24, 2.45) is 0 Å². The van der Waals surface area contributed by atoms with Crippen molar-refractivity contribution in [2.75, 3.05) is 14.2 Å². The Morgan fingerprint density at radius 3 is 1.75 bits per heavy atom. The first-order valence-electron chi connectivity index (χ1n) is 8.93. The van der Waals surface area contributed by atoms with Crippen LogP contribution in [0.25, 0.3) is 0 Å². The molecule has 1 N–H and O–H groups in total. The predicted octanol–water partition coefficient (Wildman–Crippen LogP) is 4.25. The van der Waals surface area contributed by atoms with Gasteiger partial charge in [0.1, 0.15) is 17.2 Å². The van der Waals surface area contributed by atoms with Gasteiger partial charge < -0.3 is 19.5 Å². The summed E-state index contributed by atoms with van der Waals surface area (Å²) < 4.78 is 10.4. The van der Waals surface area contributed by atoms with Crippen molar-refractivity contribution in [3.8, 4) is 17.2 Å². The summed E-state index contributed by atoms with van der Waals surface area (Å²) in [5.41, 5.74) is 2.42. The fourth-order valence-electron chi connectivity index (χ4n) is 2.92. The van der Waals surface area contributed by atoms with Crippen LogP contribution in [0, 0.1) is 0 Å². The van der Waals surface area contributed by atoms with Crippen molar-refractivity contribution in [1.29, 1.82) is 0 Å². The van der Waals surface area contributed by atoms with E-state index in [2.05, 4.69) is 0 Å². The number of amides is 1. The maximum absolute atomic E-state index is 13.1. The average molecular weight is 377 g/mol. The van der Waals surface area contributed by atoms with Crippen LogP contribution in [0.15, 0.2) is 72.8 Å². The molecule has 144 valence electrons. The van der Waals surface area contributed by atoms with E-state index in [9.17, 15) is 9.90 Å². The molecule has 0 saturated heterocycles. The lowest BCUT2D eigenvalue weighted by Gasteiger charge is -2.23.